The molecule has 0 saturated carbocycles. The van der Waals surface area contributed by atoms with E-state index in [9.17, 15) is 29.1 Å². The summed E-state index contributed by atoms with van der Waals surface area (Å²) in [6.07, 6.45) is -0.212. The van der Waals surface area contributed by atoms with E-state index in [1.165, 1.54) is 11.3 Å². The fourth-order valence-electron chi connectivity index (χ4n) is 3.90. The average molecular weight is 573 g/mol. The number of nitrogens with one attached hydrogen (secondary N) is 2. The molecule has 212 valence electrons. The van der Waals surface area contributed by atoms with Gasteiger partial charge in [0.05, 0.1) is 5.39 Å². The summed E-state index contributed by atoms with van der Waals surface area (Å²) >= 11 is 1.42. The number of carbonyl (C=O) groups is 5. The molecule has 0 spiro atoms. The van der Waals surface area contributed by atoms with E-state index in [1.807, 2.05) is 5.38 Å². The van der Waals surface area contributed by atoms with Crippen molar-refractivity contribution in [1.29, 1.82) is 0 Å². The molecule has 0 aliphatic carbocycles. The van der Waals surface area contributed by atoms with E-state index in [4.69, 9.17) is 21.7 Å². The molecule has 14 nitrogen and oxygen atoms in total. The van der Waals surface area contributed by atoms with Gasteiger partial charge in [-0.1, -0.05) is 12.1 Å². The standard InChI is InChI=1S/C25H28N6O8S/c26-20-19-14(11-40-22(19)31-25(27)30-20)6-3-12-1-4-13(5-2-12)21(35)29-16(24(38)39)7-9-17(32)28-15(23(36)37)8-10-18(33)34/h1-2,4-5,11,15-16H,3,6-10H2,(H,28,32)(H,29,35)(H,33,34)(H,36,37)(H,38,39)(H4,26,27,30,31)/t15-,16-/m0/s1. The third-order valence-electron chi connectivity index (χ3n) is 6.00. The molecule has 2 aromatic heterocycles. The Morgan fingerprint density at radius 1 is 0.850 bits per heavy atom. The van der Waals surface area contributed by atoms with Crippen molar-refractivity contribution in [3.05, 3.63) is 46.3 Å². The predicted molar refractivity (Wildman–Crippen MR) is 145 cm³/mol. The van der Waals surface area contributed by atoms with Crippen LogP contribution >= 0.6 is 11.3 Å². The minimum absolute atomic E-state index is 0.112. The number of benzene rings is 1. The molecule has 0 unspecified atom stereocenters. The van der Waals surface area contributed by atoms with Crippen LogP contribution in [0.15, 0.2) is 29.6 Å². The first kappa shape index (κ1) is 29.8. The molecule has 0 bridgehead atoms. The van der Waals surface area contributed by atoms with Crippen LogP contribution in [0.25, 0.3) is 10.2 Å². The summed E-state index contributed by atoms with van der Waals surface area (Å²) in [6.45, 7) is 0. The first-order valence-electron chi connectivity index (χ1n) is 12.1. The van der Waals surface area contributed by atoms with Crippen LogP contribution in [0.4, 0.5) is 11.8 Å². The fraction of sp³-hybridized carbons (Fsp3) is 0.320. The van der Waals surface area contributed by atoms with Gasteiger partial charge in [-0.15, -0.1) is 11.3 Å². The van der Waals surface area contributed by atoms with E-state index in [0.717, 1.165) is 16.5 Å². The maximum atomic E-state index is 12.6. The van der Waals surface area contributed by atoms with Crippen molar-refractivity contribution in [1.82, 2.24) is 20.6 Å². The van der Waals surface area contributed by atoms with E-state index in [1.54, 1.807) is 24.3 Å². The van der Waals surface area contributed by atoms with Gasteiger partial charge in [0.25, 0.3) is 5.91 Å². The van der Waals surface area contributed by atoms with Gasteiger partial charge < -0.3 is 37.4 Å². The van der Waals surface area contributed by atoms with Gasteiger partial charge in [-0.05, 0) is 54.3 Å². The number of carbonyl (C=O) groups excluding carboxylic acids is 2. The van der Waals surface area contributed by atoms with Gasteiger partial charge in [0.1, 0.15) is 22.7 Å². The molecule has 3 rings (SSSR count). The van der Waals surface area contributed by atoms with Crippen LogP contribution in [-0.2, 0) is 32.0 Å². The van der Waals surface area contributed by atoms with Crippen molar-refractivity contribution < 1.29 is 39.3 Å². The Hall–Kier alpha value is -4.79. The summed E-state index contributed by atoms with van der Waals surface area (Å²) in [5.41, 5.74) is 13.8. The molecular formula is C25H28N6O8S. The number of nitrogen functional groups attached to an aromatic ring is 2. The van der Waals surface area contributed by atoms with Crippen LogP contribution < -0.4 is 22.1 Å². The van der Waals surface area contributed by atoms with Gasteiger partial charge in [0.15, 0.2) is 0 Å². The summed E-state index contributed by atoms with van der Waals surface area (Å²) in [6, 6.07) is 3.76. The highest BCUT2D eigenvalue weighted by molar-refractivity contribution is 7.17. The largest absolute Gasteiger partial charge is 0.481 e. The van der Waals surface area contributed by atoms with Crippen molar-refractivity contribution in [2.24, 2.45) is 0 Å². The number of carboxylic acid groups (broad SMARTS) is 3. The third kappa shape index (κ3) is 8.10. The number of aryl methyl sites for hydroxylation is 2. The van der Waals surface area contributed by atoms with Gasteiger partial charge >= 0.3 is 17.9 Å². The first-order chi connectivity index (χ1) is 18.9. The van der Waals surface area contributed by atoms with Gasteiger partial charge in [-0.2, -0.15) is 4.98 Å². The number of anilines is 2. The Morgan fingerprint density at radius 2 is 1.48 bits per heavy atom. The lowest BCUT2D eigenvalue weighted by Crippen LogP contribution is -2.44. The van der Waals surface area contributed by atoms with Crippen molar-refractivity contribution in [3.8, 4) is 0 Å². The number of carboxylic acids is 3. The van der Waals surface area contributed by atoms with Crippen LogP contribution in [0.2, 0.25) is 0 Å². The van der Waals surface area contributed by atoms with E-state index in [0.29, 0.717) is 23.5 Å². The minimum atomic E-state index is -1.43. The van der Waals surface area contributed by atoms with Gasteiger partial charge in [-0.25, -0.2) is 14.6 Å². The third-order valence-corrected chi connectivity index (χ3v) is 6.92. The summed E-state index contributed by atoms with van der Waals surface area (Å²) < 4.78 is 0. The maximum absolute atomic E-state index is 12.6. The lowest BCUT2D eigenvalue weighted by Gasteiger charge is -2.16. The Labute approximate surface area is 231 Å². The van der Waals surface area contributed by atoms with Crippen molar-refractivity contribution in [3.63, 3.8) is 0 Å². The summed E-state index contributed by atoms with van der Waals surface area (Å²) in [4.78, 5) is 67.2. The SMILES string of the molecule is Nc1nc(N)c2c(CCc3ccc(C(=O)N[C@@H](CCC(=O)N[C@@H](CCC(=O)O)C(=O)O)C(=O)O)cc3)csc2n1. The highest BCUT2D eigenvalue weighted by atomic mass is 32.1. The molecule has 15 heteroatoms. The molecule has 0 saturated heterocycles. The number of nitrogens with zero attached hydrogens (tertiary/aromatic N) is 2. The van der Waals surface area contributed by atoms with E-state index in [-0.39, 0.29) is 24.4 Å². The summed E-state index contributed by atoms with van der Waals surface area (Å²) in [5.74, 6) is -5.01. The quantitative estimate of drug-likeness (QED) is 0.143. The number of aliphatic carboxylic acids is 3. The molecule has 0 aliphatic heterocycles. The highest BCUT2D eigenvalue weighted by Crippen LogP contribution is 2.29. The molecule has 2 amide bonds. The monoisotopic (exact) mass is 572 g/mol. The number of nitrogens with two attached hydrogens (primary N) is 2. The second kappa shape index (κ2) is 13.3. The second-order valence-electron chi connectivity index (χ2n) is 8.90. The number of aromatic nitrogens is 2. The number of hydrogen-bond acceptors (Lipinski definition) is 10. The maximum Gasteiger partial charge on any atom is 0.326 e. The van der Waals surface area contributed by atoms with Crippen LogP contribution in [-0.4, -0.2) is 67.1 Å². The molecule has 1 aromatic carbocycles. The summed E-state index contributed by atoms with van der Waals surface area (Å²) in [5, 5.41) is 34.6. The average Bonchev–Trinajstić information content (AvgIpc) is 3.30. The summed E-state index contributed by atoms with van der Waals surface area (Å²) in [7, 11) is 0. The number of fused-ring (bicyclic) bond motifs is 1. The number of hydrogen-bond donors (Lipinski definition) is 7. The van der Waals surface area contributed by atoms with E-state index < -0.39 is 54.6 Å². The predicted octanol–water partition coefficient (Wildman–Crippen LogP) is 1.04. The van der Waals surface area contributed by atoms with Crippen molar-refractivity contribution in [2.75, 3.05) is 11.5 Å². The fourth-order valence-corrected chi connectivity index (χ4v) is 4.89. The normalized spacial score (nSPS) is 12.4. The number of thiophene rings is 1. The molecule has 40 heavy (non-hydrogen) atoms. The zero-order chi connectivity index (χ0) is 29.4. The van der Waals surface area contributed by atoms with Crippen molar-refractivity contribution >= 4 is 63.0 Å². The molecule has 2 heterocycles. The first-order valence-corrected chi connectivity index (χ1v) is 13.0. The minimum Gasteiger partial charge on any atom is -0.481 e. The Morgan fingerprint density at radius 3 is 2.10 bits per heavy atom. The Balaban J connectivity index is 1.54. The van der Waals surface area contributed by atoms with Crippen LogP contribution in [0, 0.1) is 0 Å². The molecular weight excluding hydrogens is 544 g/mol. The number of amides is 2. The molecule has 0 fully saturated rings. The molecule has 9 N–H and O–H groups in total. The van der Waals surface area contributed by atoms with Crippen LogP contribution in [0.3, 0.4) is 0 Å². The van der Waals surface area contributed by atoms with E-state index in [2.05, 4.69) is 20.6 Å². The molecule has 0 aliphatic rings. The van der Waals surface area contributed by atoms with E-state index >= 15 is 0 Å². The lowest BCUT2D eigenvalue weighted by atomic mass is 10.0. The number of rotatable bonds is 14. The molecule has 3 aromatic rings. The van der Waals surface area contributed by atoms with Crippen LogP contribution in [0.1, 0.15) is 47.2 Å². The molecule has 2 atom stereocenters. The lowest BCUT2D eigenvalue weighted by molar-refractivity contribution is -0.143. The topological polar surface area (TPSA) is 248 Å². The second-order valence-corrected chi connectivity index (χ2v) is 9.76. The van der Waals surface area contributed by atoms with Crippen molar-refractivity contribution in [2.45, 2.75) is 50.6 Å². The van der Waals surface area contributed by atoms with Gasteiger partial charge in [0, 0.05) is 18.4 Å². The Bertz CT molecular complexity index is 1420. The Kier molecular flexibility index (Phi) is 9.92. The van der Waals surface area contributed by atoms with Gasteiger partial charge in [-0.3, -0.25) is 14.4 Å². The van der Waals surface area contributed by atoms with Crippen LogP contribution in [0.5, 0.6) is 0 Å². The zero-order valence-corrected chi connectivity index (χ0v) is 21.9. The molecule has 0 radical (unpaired) electrons. The highest BCUT2D eigenvalue weighted by Gasteiger charge is 2.25. The van der Waals surface area contributed by atoms with Gasteiger partial charge in [0.2, 0.25) is 11.9 Å². The zero-order valence-electron chi connectivity index (χ0n) is 21.1. The smallest absolute Gasteiger partial charge is 0.326 e.